The van der Waals surface area contributed by atoms with Crippen LogP contribution < -0.4 is 10.5 Å². The van der Waals surface area contributed by atoms with Crippen LogP contribution in [0.3, 0.4) is 0 Å². The first-order valence-electron chi connectivity index (χ1n) is 10.2. The van der Waals surface area contributed by atoms with Crippen LogP contribution in [0.4, 0.5) is 11.4 Å². The van der Waals surface area contributed by atoms with Crippen LogP contribution in [0, 0.1) is 6.57 Å². The van der Waals surface area contributed by atoms with Crippen molar-refractivity contribution in [3.8, 4) is 5.69 Å². The molecule has 30 heavy (non-hydrogen) atoms. The van der Waals surface area contributed by atoms with Gasteiger partial charge in [-0.05, 0) is 64.9 Å². The molecular weight excluding hydrogens is 462 g/mol. The van der Waals surface area contributed by atoms with Gasteiger partial charge in [0, 0.05) is 22.9 Å². The lowest BCUT2D eigenvalue weighted by Gasteiger charge is -2.31. The molecule has 1 aliphatic heterocycles. The zero-order chi connectivity index (χ0) is 21.4. The predicted octanol–water partition coefficient (Wildman–Crippen LogP) is 7.07. The van der Waals surface area contributed by atoms with Crippen molar-refractivity contribution < 1.29 is 0 Å². The molecule has 0 N–H and O–H groups in total. The van der Waals surface area contributed by atoms with E-state index in [1.807, 2.05) is 36.4 Å². The number of halogens is 2. The van der Waals surface area contributed by atoms with Gasteiger partial charge in [-0.3, -0.25) is 9.36 Å². The molecule has 0 aliphatic carbocycles. The van der Waals surface area contributed by atoms with Crippen molar-refractivity contribution in [1.29, 1.82) is 0 Å². The molecule has 2 heterocycles. The molecule has 0 atom stereocenters. The Balaban J connectivity index is 2.16. The Hall–Kier alpha value is -2.29. The van der Waals surface area contributed by atoms with Gasteiger partial charge in [-0.1, -0.05) is 43.6 Å². The van der Waals surface area contributed by atoms with Crippen molar-refractivity contribution in [2.45, 2.75) is 39.0 Å². The summed E-state index contributed by atoms with van der Waals surface area (Å²) in [6.07, 6.45) is 3.29. The summed E-state index contributed by atoms with van der Waals surface area (Å²) in [4.78, 5) is 19.6. The van der Waals surface area contributed by atoms with Gasteiger partial charge in [-0.15, -0.1) is 0 Å². The fourth-order valence-electron chi connectivity index (χ4n) is 4.31. The Kier molecular flexibility index (Phi) is 5.90. The van der Waals surface area contributed by atoms with Gasteiger partial charge in [0.2, 0.25) is 0 Å². The lowest BCUT2D eigenvalue weighted by Crippen LogP contribution is -2.32. The summed E-state index contributed by atoms with van der Waals surface area (Å²) in [5.41, 5.74) is 3.25. The molecular formula is C24H23BrClN3O. The van der Waals surface area contributed by atoms with E-state index in [2.05, 4.69) is 39.5 Å². The maximum atomic E-state index is 13.7. The molecule has 0 radical (unpaired) electrons. The molecule has 0 saturated carbocycles. The van der Waals surface area contributed by atoms with Crippen molar-refractivity contribution >= 4 is 49.8 Å². The molecule has 4 nitrogen and oxygen atoms in total. The molecule has 0 unspecified atom stereocenters. The molecule has 3 aromatic rings. The standard InChI is InChI=1S/C24H23BrClN3O/c1-15(2)16-9-5-6-10-20(16)29-21-14-18(25)19(26)13-17(21)23(22(27-3)24(29)30)28-11-7-4-8-12-28/h5-6,9-10,13-15H,4,7-8,11-12H2,1-2H3. The van der Waals surface area contributed by atoms with Gasteiger partial charge in [0.1, 0.15) is 0 Å². The number of benzene rings is 2. The van der Waals surface area contributed by atoms with Crippen LogP contribution in [-0.4, -0.2) is 17.7 Å². The number of piperidine rings is 1. The van der Waals surface area contributed by atoms with E-state index in [1.54, 1.807) is 4.57 Å². The van der Waals surface area contributed by atoms with Crippen LogP contribution in [0.5, 0.6) is 0 Å². The summed E-state index contributed by atoms with van der Waals surface area (Å²) in [6.45, 7) is 13.8. The van der Waals surface area contributed by atoms with Crippen LogP contribution in [0.25, 0.3) is 21.4 Å². The highest BCUT2D eigenvalue weighted by atomic mass is 79.9. The molecule has 2 aromatic carbocycles. The molecule has 0 amide bonds. The SMILES string of the molecule is [C-]#[N+]c1c(N2CCCCC2)c2cc(Cl)c(Br)cc2n(-c2ccccc2C(C)C)c1=O. The number of fused-ring (bicyclic) bond motifs is 1. The van der Waals surface area contributed by atoms with E-state index in [-0.39, 0.29) is 17.2 Å². The summed E-state index contributed by atoms with van der Waals surface area (Å²) in [5.74, 6) is 0.233. The Labute approximate surface area is 190 Å². The van der Waals surface area contributed by atoms with Crippen LogP contribution in [0.15, 0.2) is 45.7 Å². The van der Waals surface area contributed by atoms with Gasteiger partial charge in [-0.25, -0.2) is 4.85 Å². The smallest absolute Gasteiger partial charge is 0.274 e. The Morgan fingerprint density at radius 1 is 1.13 bits per heavy atom. The number of rotatable bonds is 3. The lowest BCUT2D eigenvalue weighted by molar-refractivity contribution is 0.579. The highest BCUT2D eigenvalue weighted by Gasteiger charge is 2.25. The molecule has 1 fully saturated rings. The second-order valence-electron chi connectivity index (χ2n) is 7.99. The van der Waals surface area contributed by atoms with E-state index in [9.17, 15) is 4.79 Å². The van der Waals surface area contributed by atoms with E-state index >= 15 is 0 Å². The number of nitrogens with zero attached hydrogens (tertiary/aromatic N) is 3. The van der Waals surface area contributed by atoms with Crippen molar-refractivity contribution in [2.75, 3.05) is 18.0 Å². The molecule has 0 bridgehead atoms. The summed E-state index contributed by atoms with van der Waals surface area (Å²) in [5, 5.41) is 1.41. The first kappa shape index (κ1) is 21.0. The normalized spacial score (nSPS) is 14.3. The third-order valence-electron chi connectivity index (χ3n) is 5.75. The average molecular weight is 485 g/mol. The average Bonchev–Trinajstić information content (AvgIpc) is 2.75. The summed E-state index contributed by atoms with van der Waals surface area (Å²) in [7, 11) is 0. The first-order valence-corrected chi connectivity index (χ1v) is 11.4. The van der Waals surface area contributed by atoms with Crippen LogP contribution in [0.2, 0.25) is 5.02 Å². The number of hydrogen-bond acceptors (Lipinski definition) is 2. The monoisotopic (exact) mass is 483 g/mol. The van der Waals surface area contributed by atoms with Crippen LogP contribution >= 0.6 is 27.5 Å². The third kappa shape index (κ3) is 3.53. The van der Waals surface area contributed by atoms with Crippen molar-refractivity contribution in [3.63, 3.8) is 0 Å². The quantitative estimate of drug-likeness (QED) is 0.372. The van der Waals surface area contributed by atoms with E-state index < -0.39 is 0 Å². The fourth-order valence-corrected chi connectivity index (χ4v) is 4.81. The van der Waals surface area contributed by atoms with Crippen LogP contribution in [-0.2, 0) is 0 Å². The third-order valence-corrected chi connectivity index (χ3v) is 6.95. The van der Waals surface area contributed by atoms with Crippen molar-refractivity contribution in [2.24, 2.45) is 0 Å². The number of para-hydroxylation sites is 1. The molecule has 1 saturated heterocycles. The van der Waals surface area contributed by atoms with Gasteiger partial charge in [0.05, 0.1) is 28.5 Å². The zero-order valence-corrected chi connectivity index (χ0v) is 19.4. The van der Waals surface area contributed by atoms with E-state index in [1.165, 1.54) is 6.42 Å². The predicted molar refractivity (Wildman–Crippen MR) is 129 cm³/mol. The van der Waals surface area contributed by atoms with Gasteiger partial charge in [0.25, 0.3) is 11.2 Å². The number of hydrogen-bond donors (Lipinski definition) is 0. The van der Waals surface area contributed by atoms with Gasteiger partial charge in [-0.2, -0.15) is 0 Å². The van der Waals surface area contributed by atoms with Gasteiger partial charge in [0.15, 0.2) is 0 Å². The van der Waals surface area contributed by atoms with E-state index in [0.29, 0.717) is 5.02 Å². The minimum atomic E-state index is -0.277. The Morgan fingerprint density at radius 3 is 2.50 bits per heavy atom. The maximum Gasteiger partial charge on any atom is 0.274 e. The number of anilines is 1. The van der Waals surface area contributed by atoms with Crippen molar-refractivity contribution in [3.05, 3.63) is 73.2 Å². The second-order valence-corrected chi connectivity index (χ2v) is 9.26. The fraction of sp³-hybridized carbons (Fsp3) is 0.333. The van der Waals surface area contributed by atoms with E-state index in [0.717, 1.165) is 58.2 Å². The van der Waals surface area contributed by atoms with Gasteiger partial charge < -0.3 is 4.90 Å². The largest absolute Gasteiger partial charge is 0.380 e. The van der Waals surface area contributed by atoms with Crippen LogP contribution in [0.1, 0.15) is 44.6 Å². The maximum absolute atomic E-state index is 13.7. The minimum absolute atomic E-state index is 0.168. The highest BCUT2D eigenvalue weighted by Crippen LogP contribution is 2.40. The molecule has 1 aromatic heterocycles. The van der Waals surface area contributed by atoms with Crippen molar-refractivity contribution in [1.82, 2.24) is 4.57 Å². The lowest BCUT2D eigenvalue weighted by atomic mass is 10.00. The number of pyridine rings is 1. The Morgan fingerprint density at radius 2 is 1.83 bits per heavy atom. The first-order chi connectivity index (χ1) is 14.4. The molecule has 154 valence electrons. The summed E-state index contributed by atoms with van der Waals surface area (Å²) >= 11 is 10.0. The molecule has 1 aliphatic rings. The zero-order valence-electron chi connectivity index (χ0n) is 17.1. The highest BCUT2D eigenvalue weighted by molar-refractivity contribution is 9.10. The summed E-state index contributed by atoms with van der Waals surface area (Å²) < 4.78 is 2.42. The number of aromatic nitrogens is 1. The summed E-state index contributed by atoms with van der Waals surface area (Å²) in [6, 6.07) is 11.7. The molecule has 4 rings (SSSR count). The minimum Gasteiger partial charge on any atom is -0.380 e. The molecule has 6 heteroatoms. The topological polar surface area (TPSA) is 29.6 Å². The van der Waals surface area contributed by atoms with E-state index in [4.69, 9.17) is 18.2 Å². The second kappa shape index (κ2) is 8.45. The van der Waals surface area contributed by atoms with Gasteiger partial charge >= 0.3 is 0 Å². The molecule has 0 spiro atoms. The Bertz CT molecular complexity index is 1220.